The van der Waals surface area contributed by atoms with Gasteiger partial charge in [0.2, 0.25) is 0 Å². The van der Waals surface area contributed by atoms with Crippen molar-refractivity contribution in [3.63, 3.8) is 0 Å². The fourth-order valence-electron chi connectivity index (χ4n) is 3.30. The second-order valence-electron chi connectivity index (χ2n) is 6.25. The first-order valence-electron chi connectivity index (χ1n) is 8.06. The quantitative estimate of drug-likeness (QED) is 0.825. The fraction of sp³-hybridized carbons (Fsp3) is 0.667. The van der Waals surface area contributed by atoms with E-state index in [1.807, 2.05) is 12.1 Å². The highest BCUT2D eigenvalue weighted by atomic mass is 16.5. The first-order valence-corrected chi connectivity index (χ1v) is 8.06. The lowest BCUT2D eigenvalue weighted by molar-refractivity contribution is -0.127. The van der Waals surface area contributed by atoms with E-state index in [9.17, 15) is 0 Å². The van der Waals surface area contributed by atoms with Crippen LogP contribution < -0.4 is 10.1 Å². The van der Waals surface area contributed by atoms with E-state index in [4.69, 9.17) is 9.47 Å². The van der Waals surface area contributed by atoms with Gasteiger partial charge in [-0.3, -0.25) is 0 Å². The Morgan fingerprint density at radius 2 is 1.95 bits per heavy atom. The molecule has 1 fully saturated rings. The predicted octanol–water partition coefficient (Wildman–Crippen LogP) is 3.94. The molecule has 0 aliphatic heterocycles. The molecule has 0 bridgehead atoms. The molecule has 1 aromatic carbocycles. The SMILES string of the molecule is CCOC1CC(NC(C)c2ccc(OC)cc2)C1(C)CC. The van der Waals surface area contributed by atoms with Gasteiger partial charge >= 0.3 is 0 Å². The van der Waals surface area contributed by atoms with Crippen LogP contribution in [0.1, 0.15) is 52.1 Å². The van der Waals surface area contributed by atoms with Gasteiger partial charge in [0, 0.05) is 24.1 Å². The van der Waals surface area contributed by atoms with Crippen LogP contribution in [-0.4, -0.2) is 25.9 Å². The van der Waals surface area contributed by atoms with Gasteiger partial charge in [-0.2, -0.15) is 0 Å². The van der Waals surface area contributed by atoms with Crippen LogP contribution >= 0.6 is 0 Å². The van der Waals surface area contributed by atoms with Gasteiger partial charge in [0.15, 0.2) is 0 Å². The predicted molar refractivity (Wildman–Crippen MR) is 86.8 cm³/mol. The van der Waals surface area contributed by atoms with Gasteiger partial charge in [0.25, 0.3) is 0 Å². The zero-order valence-corrected chi connectivity index (χ0v) is 14.0. The maximum Gasteiger partial charge on any atom is 0.118 e. The summed E-state index contributed by atoms with van der Waals surface area (Å²) in [6.07, 6.45) is 2.65. The van der Waals surface area contributed by atoms with Crippen LogP contribution in [0.2, 0.25) is 0 Å². The average molecular weight is 291 g/mol. The smallest absolute Gasteiger partial charge is 0.118 e. The molecule has 1 aliphatic rings. The Hall–Kier alpha value is -1.06. The third-order valence-corrected chi connectivity index (χ3v) is 5.18. The Balaban J connectivity index is 1.97. The van der Waals surface area contributed by atoms with Crippen LogP contribution in [0.15, 0.2) is 24.3 Å². The molecule has 0 amide bonds. The largest absolute Gasteiger partial charge is 0.497 e. The van der Waals surface area contributed by atoms with E-state index in [0.717, 1.165) is 25.2 Å². The van der Waals surface area contributed by atoms with Crippen molar-refractivity contribution in [2.24, 2.45) is 5.41 Å². The average Bonchev–Trinajstić information content (AvgIpc) is 2.52. The third-order valence-electron chi connectivity index (χ3n) is 5.18. The fourth-order valence-corrected chi connectivity index (χ4v) is 3.30. The van der Waals surface area contributed by atoms with E-state index in [1.165, 1.54) is 5.56 Å². The standard InChI is InChI=1S/C18H29NO2/c1-6-18(4)16(12-17(18)21-7-2)19-13(3)14-8-10-15(20-5)11-9-14/h8-11,13,16-17,19H,6-7,12H2,1-5H3. The molecule has 1 saturated carbocycles. The van der Waals surface area contributed by atoms with Crippen LogP contribution in [-0.2, 0) is 4.74 Å². The van der Waals surface area contributed by atoms with Crippen molar-refractivity contribution < 1.29 is 9.47 Å². The summed E-state index contributed by atoms with van der Waals surface area (Å²) in [6, 6.07) is 9.19. The van der Waals surface area contributed by atoms with E-state index in [1.54, 1.807) is 7.11 Å². The normalized spacial score (nSPS) is 29.8. The number of ether oxygens (including phenoxy) is 2. The second-order valence-corrected chi connectivity index (χ2v) is 6.25. The van der Waals surface area contributed by atoms with Crippen molar-refractivity contribution in [2.75, 3.05) is 13.7 Å². The zero-order chi connectivity index (χ0) is 15.5. The van der Waals surface area contributed by atoms with E-state index in [-0.39, 0.29) is 5.41 Å². The van der Waals surface area contributed by atoms with Crippen molar-refractivity contribution in [1.82, 2.24) is 5.32 Å². The summed E-state index contributed by atoms with van der Waals surface area (Å²) in [6.45, 7) is 9.72. The van der Waals surface area contributed by atoms with Crippen molar-refractivity contribution in [1.29, 1.82) is 0 Å². The maximum absolute atomic E-state index is 5.88. The van der Waals surface area contributed by atoms with Gasteiger partial charge in [-0.15, -0.1) is 0 Å². The van der Waals surface area contributed by atoms with Crippen LogP contribution in [0, 0.1) is 5.41 Å². The first kappa shape index (κ1) is 16.3. The number of hydrogen-bond acceptors (Lipinski definition) is 3. The van der Waals surface area contributed by atoms with Gasteiger partial charge in [-0.25, -0.2) is 0 Å². The number of nitrogens with one attached hydrogen (secondary N) is 1. The van der Waals surface area contributed by atoms with E-state index < -0.39 is 0 Å². The second kappa shape index (κ2) is 6.80. The zero-order valence-electron chi connectivity index (χ0n) is 14.0. The number of rotatable bonds is 7. The number of benzene rings is 1. The summed E-state index contributed by atoms with van der Waals surface area (Å²) in [7, 11) is 1.70. The summed E-state index contributed by atoms with van der Waals surface area (Å²) in [4.78, 5) is 0. The number of methoxy groups -OCH3 is 1. The molecule has 1 aromatic rings. The highest BCUT2D eigenvalue weighted by Gasteiger charge is 2.51. The molecule has 0 heterocycles. The Morgan fingerprint density at radius 1 is 1.29 bits per heavy atom. The van der Waals surface area contributed by atoms with Crippen molar-refractivity contribution in [3.8, 4) is 5.75 Å². The molecule has 118 valence electrons. The lowest BCUT2D eigenvalue weighted by Gasteiger charge is -2.54. The minimum absolute atomic E-state index is 0.247. The number of hydrogen-bond donors (Lipinski definition) is 1. The minimum atomic E-state index is 0.247. The molecule has 1 N–H and O–H groups in total. The lowest BCUT2D eigenvalue weighted by Crippen LogP contribution is -2.62. The molecule has 3 nitrogen and oxygen atoms in total. The van der Waals surface area contributed by atoms with Gasteiger partial charge < -0.3 is 14.8 Å². The van der Waals surface area contributed by atoms with Gasteiger partial charge in [0.1, 0.15) is 5.75 Å². The lowest BCUT2D eigenvalue weighted by atomic mass is 9.61. The maximum atomic E-state index is 5.88. The minimum Gasteiger partial charge on any atom is -0.497 e. The van der Waals surface area contributed by atoms with Gasteiger partial charge in [-0.1, -0.05) is 26.0 Å². The van der Waals surface area contributed by atoms with E-state index in [0.29, 0.717) is 18.2 Å². The van der Waals surface area contributed by atoms with Gasteiger partial charge in [-0.05, 0) is 44.4 Å². The summed E-state index contributed by atoms with van der Waals surface area (Å²) in [5.41, 5.74) is 1.55. The molecule has 21 heavy (non-hydrogen) atoms. The Morgan fingerprint density at radius 3 is 2.48 bits per heavy atom. The topological polar surface area (TPSA) is 30.5 Å². The highest BCUT2D eigenvalue weighted by Crippen LogP contribution is 2.46. The molecule has 0 saturated heterocycles. The van der Waals surface area contributed by atoms with Crippen LogP contribution in [0.5, 0.6) is 5.75 Å². The van der Waals surface area contributed by atoms with Crippen molar-refractivity contribution in [3.05, 3.63) is 29.8 Å². The van der Waals surface area contributed by atoms with Crippen molar-refractivity contribution >= 4 is 0 Å². The molecular formula is C18H29NO2. The molecule has 2 rings (SSSR count). The monoisotopic (exact) mass is 291 g/mol. The molecule has 0 spiro atoms. The molecule has 4 unspecified atom stereocenters. The molecule has 1 aliphatic carbocycles. The molecule has 0 aromatic heterocycles. The van der Waals surface area contributed by atoms with E-state index in [2.05, 4.69) is 45.1 Å². The summed E-state index contributed by atoms with van der Waals surface area (Å²) in [5.74, 6) is 0.907. The molecule has 0 radical (unpaired) electrons. The summed E-state index contributed by atoms with van der Waals surface area (Å²) in [5, 5.41) is 3.78. The Bertz CT molecular complexity index is 445. The summed E-state index contributed by atoms with van der Waals surface area (Å²) < 4.78 is 11.1. The molecular weight excluding hydrogens is 262 g/mol. The molecule has 4 atom stereocenters. The van der Waals surface area contributed by atoms with E-state index >= 15 is 0 Å². The van der Waals surface area contributed by atoms with Crippen LogP contribution in [0.4, 0.5) is 0 Å². The van der Waals surface area contributed by atoms with Gasteiger partial charge in [0.05, 0.1) is 13.2 Å². The van der Waals surface area contributed by atoms with Crippen molar-refractivity contribution in [2.45, 2.75) is 58.7 Å². The molecule has 3 heteroatoms. The summed E-state index contributed by atoms with van der Waals surface area (Å²) >= 11 is 0. The Labute approximate surface area is 129 Å². The van der Waals surface area contributed by atoms with Crippen LogP contribution in [0.3, 0.4) is 0 Å². The first-order chi connectivity index (χ1) is 10.0. The highest BCUT2D eigenvalue weighted by molar-refractivity contribution is 5.29. The Kier molecular flexibility index (Phi) is 5.28. The van der Waals surface area contributed by atoms with Crippen LogP contribution in [0.25, 0.3) is 0 Å². The third kappa shape index (κ3) is 3.24.